The third-order valence-corrected chi connectivity index (χ3v) is 17.0. The topological polar surface area (TPSA) is 181 Å². The maximum Gasteiger partial charge on any atom is 0.146 e. The molecular weight excluding hydrogens is 1150 g/mol. The number of benzene rings is 8. The van der Waals surface area contributed by atoms with Crippen LogP contribution < -0.4 is 16.0 Å². The minimum absolute atomic E-state index is 0.00222. The predicted molar refractivity (Wildman–Crippen MR) is 378 cm³/mol. The van der Waals surface area contributed by atoms with E-state index in [0.29, 0.717) is 47.9 Å². The Balaban J connectivity index is 0.000000136. The minimum Gasteiger partial charge on any atom is -0.505 e. The molecule has 4 atom stereocenters. The van der Waals surface area contributed by atoms with Crippen molar-refractivity contribution < 1.29 is 25.2 Å². The fourth-order valence-corrected chi connectivity index (χ4v) is 12.4. The molecule has 4 heterocycles. The standard InChI is InChI=1S/C23H26N2O.C20H22N2O2.C19H20N2O.C18H18N2O/c26-23-20(14-13-19-12-7-15-24-22(19)23)21(18-10-5-2-6-11-18)25-16-17-8-3-1-4-9-17;1-2-24-14-13-22-18(15-7-4-3-5-8-15)17-11-10-16-9-6-12-21-19(16)20(17)23;1-13(2)21-17(14-7-4-3-5-8-14)16-11-10-15-9-6-12-20-18(15)19(16)22;1-20(2)17(14-7-4-3-5-8-14)15-11-10-13-9-6-12-19-16(13)18(15)21/h2,5-7,10-15,17,21,25-26H,1,3-4,8-9,16H2;3-12,18,22-23H,2,13-14H2,1H3;3-13,17,21-22H,1-2H3;3-12,17,21H,1-2H3. The van der Waals surface area contributed by atoms with Gasteiger partial charge in [-0.15, -0.1) is 0 Å². The molecule has 4 aromatic heterocycles. The van der Waals surface area contributed by atoms with Crippen LogP contribution in [0.1, 0.15) is 122 Å². The Bertz CT molecular complexity index is 4270. The molecule has 0 amide bonds. The average molecular weight is 1240 g/mol. The predicted octanol–water partition coefficient (Wildman–Crippen LogP) is 16.5. The second-order valence-electron chi connectivity index (χ2n) is 24.0. The highest BCUT2D eigenvalue weighted by Gasteiger charge is 2.25. The summed E-state index contributed by atoms with van der Waals surface area (Å²) >= 11 is 0. The number of rotatable bonds is 19. The number of nitrogens with zero attached hydrogens (tertiary/aromatic N) is 5. The van der Waals surface area contributed by atoms with Crippen molar-refractivity contribution in [3.05, 3.63) is 288 Å². The van der Waals surface area contributed by atoms with Crippen LogP contribution in [0, 0.1) is 5.92 Å². The summed E-state index contributed by atoms with van der Waals surface area (Å²) in [6.07, 6.45) is 13.5. The summed E-state index contributed by atoms with van der Waals surface area (Å²) in [7, 11) is 4.03. The van der Waals surface area contributed by atoms with Crippen molar-refractivity contribution in [2.45, 2.75) is 83.1 Å². The molecule has 13 nitrogen and oxygen atoms in total. The van der Waals surface area contributed by atoms with Gasteiger partial charge in [-0.1, -0.05) is 213 Å². The van der Waals surface area contributed by atoms with Gasteiger partial charge in [0, 0.05) is 87.8 Å². The lowest BCUT2D eigenvalue weighted by atomic mass is 9.88. The summed E-state index contributed by atoms with van der Waals surface area (Å²) in [5, 5.41) is 57.5. The number of aromatic hydroxyl groups is 4. The van der Waals surface area contributed by atoms with E-state index in [2.05, 4.69) is 121 Å². The summed E-state index contributed by atoms with van der Waals surface area (Å²) in [5.41, 5.74) is 10.6. The molecule has 0 saturated heterocycles. The Morgan fingerprint density at radius 3 is 1.16 bits per heavy atom. The third-order valence-electron chi connectivity index (χ3n) is 17.0. The normalized spacial score (nSPS) is 13.7. The van der Waals surface area contributed by atoms with Crippen LogP contribution in [0.3, 0.4) is 0 Å². The molecule has 7 N–H and O–H groups in total. The van der Waals surface area contributed by atoms with E-state index in [9.17, 15) is 20.4 Å². The van der Waals surface area contributed by atoms with Crippen molar-refractivity contribution in [1.29, 1.82) is 0 Å². The van der Waals surface area contributed by atoms with Gasteiger partial charge in [0.2, 0.25) is 0 Å². The number of phenolic OH excluding ortho intramolecular Hbond substituents is 4. The first-order valence-corrected chi connectivity index (χ1v) is 32.4. The van der Waals surface area contributed by atoms with Crippen molar-refractivity contribution in [2.75, 3.05) is 40.4 Å². The van der Waals surface area contributed by atoms with Gasteiger partial charge in [-0.3, -0.25) is 24.8 Å². The van der Waals surface area contributed by atoms with Crippen LogP contribution in [0.2, 0.25) is 0 Å². The van der Waals surface area contributed by atoms with Crippen molar-refractivity contribution in [2.24, 2.45) is 5.92 Å². The van der Waals surface area contributed by atoms with E-state index in [1.165, 1.54) is 37.7 Å². The molecule has 13 rings (SSSR count). The van der Waals surface area contributed by atoms with Crippen molar-refractivity contribution >= 4 is 43.6 Å². The number of fused-ring (bicyclic) bond motifs is 4. The molecule has 476 valence electrons. The molecule has 1 saturated carbocycles. The molecule has 0 spiro atoms. The largest absolute Gasteiger partial charge is 0.505 e. The summed E-state index contributed by atoms with van der Waals surface area (Å²) in [6.45, 7) is 9.20. The lowest BCUT2D eigenvalue weighted by molar-refractivity contribution is 0.147. The molecule has 1 fully saturated rings. The van der Waals surface area contributed by atoms with E-state index in [4.69, 9.17) is 4.74 Å². The number of hydrogen-bond acceptors (Lipinski definition) is 13. The number of hydrogen-bond donors (Lipinski definition) is 7. The molecule has 93 heavy (non-hydrogen) atoms. The van der Waals surface area contributed by atoms with Gasteiger partial charge in [0.05, 0.1) is 30.8 Å². The van der Waals surface area contributed by atoms with Crippen molar-refractivity contribution in [1.82, 2.24) is 40.8 Å². The lowest BCUT2D eigenvalue weighted by Crippen LogP contribution is -2.29. The Morgan fingerprint density at radius 2 is 0.774 bits per heavy atom. The first-order chi connectivity index (χ1) is 45.5. The van der Waals surface area contributed by atoms with Gasteiger partial charge in [-0.25, -0.2) is 0 Å². The van der Waals surface area contributed by atoms with Gasteiger partial charge in [0.1, 0.15) is 45.1 Å². The van der Waals surface area contributed by atoms with Crippen LogP contribution in [0.15, 0.2) is 243 Å². The second-order valence-corrected chi connectivity index (χ2v) is 24.0. The summed E-state index contributed by atoms with van der Waals surface area (Å²) < 4.78 is 5.42. The van der Waals surface area contributed by atoms with Crippen LogP contribution in [0.4, 0.5) is 0 Å². The van der Waals surface area contributed by atoms with Gasteiger partial charge < -0.3 is 41.1 Å². The fraction of sp³-hybridized carbons (Fsp3) is 0.250. The average Bonchev–Trinajstić information content (AvgIpc) is 1.16. The highest BCUT2D eigenvalue weighted by atomic mass is 16.5. The van der Waals surface area contributed by atoms with E-state index in [0.717, 1.165) is 73.0 Å². The summed E-state index contributed by atoms with van der Waals surface area (Å²) in [4.78, 5) is 19.4. The van der Waals surface area contributed by atoms with Crippen LogP contribution >= 0.6 is 0 Å². The Labute approximate surface area is 546 Å². The van der Waals surface area contributed by atoms with Crippen LogP contribution in [-0.4, -0.2) is 91.7 Å². The number of phenols is 4. The Hall–Kier alpha value is -9.60. The third kappa shape index (κ3) is 16.9. The first kappa shape index (κ1) is 66.3. The highest BCUT2D eigenvalue weighted by Crippen LogP contribution is 2.40. The minimum atomic E-state index is -0.113. The summed E-state index contributed by atoms with van der Waals surface area (Å²) in [5.74, 6) is 1.76. The summed E-state index contributed by atoms with van der Waals surface area (Å²) in [6, 6.07) is 72.4. The van der Waals surface area contributed by atoms with Crippen molar-refractivity contribution in [3.8, 4) is 23.0 Å². The highest BCUT2D eigenvalue weighted by molar-refractivity contribution is 5.88. The molecule has 1 aliphatic carbocycles. The van der Waals surface area contributed by atoms with Crippen molar-refractivity contribution in [3.63, 3.8) is 0 Å². The number of nitrogens with one attached hydrogen (secondary N) is 3. The van der Waals surface area contributed by atoms with Gasteiger partial charge in [-0.05, 0) is 107 Å². The molecule has 8 aromatic carbocycles. The maximum absolute atomic E-state index is 10.9. The molecule has 4 unspecified atom stereocenters. The molecule has 12 aromatic rings. The van der Waals surface area contributed by atoms with E-state index in [-0.39, 0.29) is 47.2 Å². The molecule has 0 bridgehead atoms. The van der Waals surface area contributed by atoms with Crippen LogP contribution in [-0.2, 0) is 4.74 Å². The Kier molecular flexibility index (Phi) is 23.6. The number of pyridine rings is 4. The quantitative estimate of drug-likeness (QED) is 0.0381. The van der Waals surface area contributed by atoms with Gasteiger partial charge in [-0.2, -0.15) is 0 Å². The number of ether oxygens (including phenoxy) is 1. The maximum atomic E-state index is 10.9. The van der Waals surface area contributed by atoms with Gasteiger partial charge in [0.15, 0.2) is 0 Å². The van der Waals surface area contributed by atoms with Gasteiger partial charge in [0.25, 0.3) is 0 Å². The molecular formula is C80H86N8O5. The van der Waals surface area contributed by atoms with Crippen LogP contribution in [0.25, 0.3) is 43.6 Å². The molecule has 0 aliphatic heterocycles. The fourth-order valence-electron chi connectivity index (χ4n) is 12.4. The zero-order valence-corrected chi connectivity index (χ0v) is 53.9. The zero-order valence-electron chi connectivity index (χ0n) is 53.9. The van der Waals surface area contributed by atoms with E-state index < -0.39 is 0 Å². The van der Waals surface area contributed by atoms with E-state index >= 15 is 0 Å². The van der Waals surface area contributed by atoms with Gasteiger partial charge >= 0.3 is 0 Å². The Morgan fingerprint density at radius 1 is 0.419 bits per heavy atom. The SMILES string of the molecule is CC(C)NC(c1ccccc1)c1ccc2cccnc2c1O.CCOCCNC(c1ccccc1)c1ccc2cccnc2c1O.CN(C)C(c1ccccc1)c1ccc2cccnc2c1O.Oc1c(C(NCC2CCCCC2)c2ccccc2)ccc2cccnc12. The first-order valence-electron chi connectivity index (χ1n) is 32.4. The smallest absolute Gasteiger partial charge is 0.146 e. The monoisotopic (exact) mass is 1240 g/mol. The van der Waals surface area contributed by atoms with E-state index in [1.807, 2.05) is 173 Å². The number of aromatic nitrogens is 4. The zero-order chi connectivity index (χ0) is 64.9. The van der Waals surface area contributed by atoms with Crippen LogP contribution in [0.5, 0.6) is 23.0 Å². The second kappa shape index (κ2) is 33.1. The molecule has 13 heteroatoms. The lowest BCUT2D eigenvalue weighted by Gasteiger charge is -2.27. The molecule has 0 radical (unpaired) electrons. The van der Waals surface area contributed by atoms with E-state index in [1.54, 1.807) is 24.8 Å². The molecule has 1 aliphatic rings.